The maximum atomic E-state index is 5.97. The zero-order valence-corrected chi connectivity index (χ0v) is 11.0. The lowest BCUT2D eigenvalue weighted by Gasteiger charge is -2.11. The highest BCUT2D eigenvalue weighted by Gasteiger charge is 2.04. The molecule has 2 aromatic rings. The molecule has 0 aliphatic carbocycles. The number of nitrogens with one attached hydrogen (secondary N) is 1. The number of hydrogen-bond donors (Lipinski definition) is 1. The Kier molecular flexibility index (Phi) is 3.95. The van der Waals surface area contributed by atoms with Gasteiger partial charge in [-0.3, -0.25) is 0 Å². The van der Waals surface area contributed by atoms with Gasteiger partial charge in [0.1, 0.15) is 11.5 Å². The second-order valence-corrected chi connectivity index (χ2v) is 4.13. The van der Waals surface area contributed by atoms with E-state index >= 15 is 0 Å². The molecule has 0 heterocycles. The summed E-state index contributed by atoms with van der Waals surface area (Å²) in [5, 5.41) is 3.91. The first-order chi connectivity index (χ1) is 8.72. The van der Waals surface area contributed by atoms with Gasteiger partial charge in [0.05, 0.1) is 19.9 Å². The molecule has 0 aromatic heterocycles. The molecule has 3 nitrogen and oxygen atoms in total. The SMILES string of the molecule is COc1ccc(Nc2cc(Cl)ccc2OC)cc1. The van der Waals surface area contributed by atoms with Gasteiger partial charge in [0.25, 0.3) is 0 Å². The highest BCUT2D eigenvalue weighted by molar-refractivity contribution is 6.31. The van der Waals surface area contributed by atoms with Crippen molar-refractivity contribution in [2.45, 2.75) is 0 Å². The summed E-state index contributed by atoms with van der Waals surface area (Å²) in [6.45, 7) is 0. The third-order valence-corrected chi connectivity index (χ3v) is 2.77. The van der Waals surface area contributed by atoms with E-state index in [1.807, 2.05) is 36.4 Å². The monoisotopic (exact) mass is 263 g/mol. The number of rotatable bonds is 4. The van der Waals surface area contributed by atoms with E-state index in [-0.39, 0.29) is 0 Å². The number of ether oxygens (including phenoxy) is 2. The predicted octanol–water partition coefficient (Wildman–Crippen LogP) is 4.10. The molecule has 1 N–H and O–H groups in total. The maximum Gasteiger partial charge on any atom is 0.142 e. The first-order valence-electron chi connectivity index (χ1n) is 5.47. The minimum absolute atomic E-state index is 0.659. The van der Waals surface area contributed by atoms with Crippen LogP contribution in [0.4, 0.5) is 11.4 Å². The van der Waals surface area contributed by atoms with Gasteiger partial charge in [0, 0.05) is 10.7 Å². The predicted molar refractivity (Wildman–Crippen MR) is 74.3 cm³/mol. The Bertz CT molecular complexity index is 526. The fraction of sp³-hybridized carbons (Fsp3) is 0.143. The Labute approximate surface area is 111 Å². The van der Waals surface area contributed by atoms with Gasteiger partial charge in [-0.15, -0.1) is 0 Å². The lowest BCUT2D eigenvalue weighted by atomic mass is 10.2. The van der Waals surface area contributed by atoms with Crippen molar-refractivity contribution < 1.29 is 9.47 Å². The molecular weight excluding hydrogens is 250 g/mol. The smallest absolute Gasteiger partial charge is 0.142 e. The van der Waals surface area contributed by atoms with Crippen molar-refractivity contribution in [3.63, 3.8) is 0 Å². The molecule has 0 aliphatic heterocycles. The van der Waals surface area contributed by atoms with Crippen LogP contribution in [0.1, 0.15) is 0 Å². The molecule has 0 saturated carbocycles. The van der Waals surface area contributed by atoms with Crippen molar-refractivity contribution in [3.05, 3.63) is 47.5 Å². The molecule has 0 radical (unpaired) electrons. The molecule has 0 atom stereocenters. The van der Waals surface area contributed by atoms with E-state index in [4.69, 9.17) is 21.1 Å². The summed E-state index contributed by atoms with van der Waals surface area (Å²) >= 11 is 5.97. The van der Waals surface area contributed by atoms with Crippen LogP contribution in [0.5, 0.6) is 11.5 Å². The minimum atomic E-state index is 0.659. The van der Waals surface area contributed by atoms with Crippen LogP contribution < -0.4 is 14.8 Å². The van der Waals surface area contributed by atoms with Crippen molar-refractivity contribution in [2.75, 3.05) is 19.5 Å². The highest BCUT2D eigenvalue weighted by Crippen LogP contribution is 2.30. The van der Waals surface area contributed by atoms with Crippen molar-refractivity contribution in [3.8, 4) is 11.5 Å². The highest BCUT2D eigenvalue weighted by atomic mass is 35.5. The molecular formula is C14H14ClNO2. The van der Waals surface area contributed by atoms with Crippen LogP contribution in [0.15, 0.2) is 42.5 Å². The molecule has 0 saturated heterocycles. The number of hydrogen-bond acceptors (Lipinski definition) is 3. The van der Waals surface area contributed by atoms with E-state index in [1.54, 1.807) is 20.3 Å². The first kappa shape index (κ1) is 12.6. The van der Waals surface area contributed by atoms with Crippen molar-refractivity contribution in [1.82, 2.24) is 0 Å². The first-order valence-corrected chi connectivity index (χ1v) is 5.85. The normalized spacial score (nSPS) is 9.94. The van der Waals surface area contributed by atoms with Crippen LogP contribution >= 0.6 is 11.6 Å². The van der Waals surface area contributed by atoms with E-state index in [0.29, 0.717) is 5.02 Å². The lowest BCUT2D eigenvalue weighted by molar-refractivity contribution is 0.415. The quantitative estimate of drug-likeness (QED) is 0.901. The number of benzene rings is 2. The molecule has 4 heteroatoms. The maximum absolute atomic E-state index is 5.97. The summed E-state index contributed by atoms with van der Waals surface area (Å²) in [7, 11) is 3.27. The minimum Gasteiger partial charge on any atom is -0.497 e. The van der Waals surface area contributed by atoms with Gasteiger partial charge in [-0.05, 0) is 42.5 Å². The molecule has 2 rings (SSSR count). The molecule has 94 valence electrons. The second kappa shape index (κ2) is 5.65. The largest absolute Gasteiger partial charge is 0.497 e. The van der Waals surface area contributed by atoms with E-state index in [0.717, 1.165) is 22.9 Å². The third kappa shape index (κ3) is 2.87. The Morgan fingerprint density at radius 1 is 0.944 bits per heavy atom. The van der Waals surface area contributed by atoms with Crippen molar-refractivity contribution in [1.29, 1.82) is 0 Å². The number of halogens is 1. The standard InChI is InChI=1S/C14H14ClNO2/c1-17-12-6-4-11(5-7-12)16-13-9-10(15)3-8-14(13)18-2/h3-9,16H,1-2H3. The zero-order valence-electron chi connectivity index (χ0n) is 10.2. The van der Waals surface area contributed by atoms with Gasteiger partial charge in [0.15, 0.2) is 0 Å². The van der Waals surface area contributed by atoms with Gasteiger partial charge >= 0.3 is 0 Å². The Hall–Kier alpha value is -1.87. The van der Waals surface area contributed by atoms with Gasteiger partial charge in [0.2, 0.25) is 0 Å². The van der Waals surface area contributed by atoms with Crippen LogP contribution in [0.25, 0.3) is 0 Å². The van der Waals surface area contributed by atoms with E-state index < -0.39 is 0 Å². The van der Waals surface area contributed by atoms with Crippen LogP contribution in [-0.2, 0) is 0 Å². The second-order valence-electron chi connectivity index (χ2n) is 3.70. The summed E-state index contributed by atoms with van der Waals surface area (Å²) in [6, 6.07) is 13.1. The molecule has 0 unspecified atom stereocenters. The summed E-state index contributed by atoms with van der Waals surface area (Å²) < 4.78 is 10.4. The lowest BCUT2D eigenvalue weighted by Crippen LogP contribution is -1.94. The molecule has 0 aliphatic rings. The molecule has 0 bridgehead atoms. The molecule has 0 fully saturated rings. The van der Waals surface area contributed by atoms with Crippen LogP contribution in [0.3, 0.4) is 0 Å². The summed E-state index contributed by atoms with van der Waals surface area (Å²) in [5.41, 5.74) is 1.77. The molecule has 0 spiro atoms. The average molecular weight is 264 g/mol. The van der Waals surface area contributed by atoms with E-state index in [2.05, 4.69) is 5.32 Å². The molecule has 18 heavy (non-hydrogen) atoms. The van der Waals surface area contributed by atoms with Crippen LogP contribution in [-0.4, -0.2) is 14.2 Å². The van der Waals surface area contributed by atoms with Gasteiger partial charge in [-0.2, -0.15) is 0 Å². The zero-order chi connectivity index (χ0) is 13.0. The van der Waals surface area contributed by atoms with Crippen molar-refractivity contribution in [2.24, 2.45) is 0 Å². The Morgan fingerprint density at radius 2 is 1.67 bits per heavy atom. The van der Waals surface area contributed by atoms with Gasteiger partial charge in [-0.1, -0.05) is 11.6 Å². The van der Waals surface area contributed by atoms with E-state index in [9.17, 15) is 0 Å². The topological polar surface area (TPSA) is 30.5 Å². The Balaban J connectivity index is 2.24. The van der Waals surface area contributed by atoms with Gasteiger partial charge < -0.3 is 14.8 Å². The molecule has 0 amide bonds. The molecule has 2 aromatic carbocycles. The van der Waals surface area contributed by atoms with Crippen molar-refractivity contribution >= 4 is 23.0 Å². The number of anilines is 2. The summed E-state index contributed by atoms with van der Waals surface area (Å²) in [4.78, 5) is 0. The summed E-state index contributed by atoms with van der Waals surface area (Å²) in [6.07, 6.45) is 0. The number of methoxy groups -OCH3 is 2. The van der Waals surface area contributed by atoms with Gasteiger partial charge in [-0.25, -0.2) is 0 Å². The fourth-order valence-electron chi connectivity index (χ4n) is 1.61. The van der Waals surface area contributed by atoms with E-state index in [1.165, 1.54) is 0 Å². The Morgan fingerprint density at radius 3 is 2.28 bits per heavy atom. The third-order valence-electron chi connectivity index (χ3n) is 2.53. The average Bonchev–Trinajstić information content (AvgIpc) is 2.40. The summed E-state index contributed by atoms with van der Waals surface area (Å²) in [5.74, 6) is 1.56. The fourth-order valence-corrected chi connectivity index (χ4v) is 1.78. The van der Waals surface area contributed by atoms with Crippen LogP contribution in [0.2, 0.25) is 5.02 Å². The van der Waals surface area contributed by atoms with Crippen LogP contribution in [0, 0.1) is 0 Å².